The summed E-state index contributed by atoms with van der Waals surface area (Å²) in [4.78, 5) is 16.2. The van der Waals surface area contributed by atoms with E-state index in [1.54, 1.807) is 26.0 Å². The number of hydrogen-bond donors (Lipinski definition) is 2. The molecule has 0 fully saturated rings. The normalized spacial score (nSPS) is 9.90. The van der Waals surface area contributed by atoms with Gasteiger partial charge in [0.2, 0.25) is 5.76 Å². The summed E-state index contributed by atoms with van der Waals surface area (Å²) in [6.45, 7) is 5.12. The highest BCUT2D eigenvalue weighted by Gasteiger charge is 2.16. The van der Waals surface area contributed by atoms with Gasteiger partial charge in [-0.05, 0) is 37.6 Å². The second-order valence-electron chi connectivity index (χ2n) is 4.59. The van der Waals surface area contributed by atoms with E-state index in [-0.39, 0.29) is 18.3 Å². The van der Waals surface area contributed by atoms with Crippen LogP contribution in [0.4, 0.5) is 5.69 Å². The van der Waals surface area contributed by atoms with Gasteiger partial charge in [0, 0.05) is 18.2 Å². The van der Waals surface area contributed by atoms with Crippen LogP contribution in [0.5, 0.6) is 0 Å². The van der Waals surface area contributed by atoms with Gasteiger partial charge in [0.15, 0.2) is 5.89 Å². The minimum atomic E-state index is -0.328. The second kappa shape index (κ2) is 6.25. The SMILES string of the molecule is Cc1nc(C)c(C(=O)Nc2ccc(C#CCO)cc2C)o1. The molecule has 108 valence electrons. The highest BCUT2D eigenvalue weighted by atomic mass is 16.4. The number of aliphatic hydroxyl groups is 1. The van der Waals surface area contributed by atoms with Crippen LogP contribution in [0.3, 0.4) is 0 Å². The molecule has 0 spiro atoms. The summed E-state index contributed by atoms with van der Waals surface area (Å²) < 4.78 is 5.29. The monoisotopic (exact) mass is 284 g/mol. The number of aromatic nitrogens is 1. The van der Waals surface area contributed by atoms with Crippen LogP contribution in [0.1, 0.15) is 33.3 Å². The zero-order valence-electron chi connectivity index (χ0n) is 12.2. The summed E-state index contributed by atoms with van der Waals surface area (Å²) in [5.74, 6) is 5.75. The Labute approximate surface area is 123 Å². The molecule has 5 heteroatoms. The first-order valence-corrected chi connectivity index (χ1v) is 6.47. The summed E-state index contributed by atoms with van der Waals surface area (Å²) in [5, 5.41) is 11.5. The van der Waals surface area contributed by atoms with E-state index in [2.05, 4.69) is 22.1 Å². The molecule has 0 aliphatic heterocycles. The van der Waals surface area contributed by atoms with E-state index >= 15 is 0 Å². The molecular weight excluding hydrogens is 268 g/mol. The Morgan fingerprint density at radius 3 is 2.71 bits per heavy atom. The molecule has 0 unspecified atom stereocenters. The molecule has 0 aliphatic rings. The Hall–Kier alpha value is -2.58. The zero-order valence-corrected chi connectivity index (χ0v) is 12.2. The predicted molar refractivity (Wildman–Crippen MR) is 79.1 cm³/mol. The fourth-order valence-electron chi connectivity index (χ4n) is 1.94. The van der Waals surface area contributed by atoms with Gasteiger partial charge in [0.25, 0.3) is 5.91 Å². The summed E-state index contributed by atoms with van der Waals surface area (Å²) in [6.07, 6.45) is 0. The van der Waals surface area contributed by atoms with E-state index in [0.29, 0.717) is 17.3 Å². The molecule has 2 aromatic rings. The van der Waals surface area contributed by atoms with Crippen LogP contribution in [-0.4, -0.2) is 22.6 Å². The van der Waals surface area contributed by atoms with Crippen LogP contribution < -0.4 is 5.32 Å². The molecule has 0 radical (unpaired) electrons. The van der Waals surface area contributed by atoms with Crippen LogP contribution in [-0.2, 0) is 0 Å². The topological polar surface area (TPSA) is 75.4 Å². The molecule has 1 heterocycles. The number of hydrogen-bond acceptors (Lipinski definition) is 4. The van der Waals surface area contributed by atoms with Gasteiger partial charge in [0.1, 0.15) is 6.61 Å². The van der Waals surface area contributed by atoms with Gasteiger partial charge in [-0.1, -0.05) is 11.8 Å². The van der Waals surface area contributed by atoms with Gasteiger partial charge in [-0.15, -0.1) is 0 Å². The number of anilines is 1. The quantitative estimate of drug-likeness (QED) is 0.829. The lowest BCUT2D eigenvalue weighted by atomic mass is 10.1. The molecular formula is C16H16N2O3. The van der Waals surface area contributed by atoms with Gasteiger partial charge in [-0.3, -0.25) is 4.79 Å². The van der Waals surface area contributed by atoms with Gasteiger partial charge in [-0.2, -0.15) is 0 Å². The standard InChI is InChI=1S/C16H16N2O3/c1-10-9-13(5-4-8-19)6-7-14(10)18-16(20)15-11(2)17-12(3)21-15/h6-7,9,19H,8H2,1-3H3,(H,18,20). The molecule has 0 saturated carbocycles. The fraction of sp³-hybridized carbons (Fsp3) is 0.250. The minimum Gasteiger partial charge on any atom is -0.436 e. The predicted octanol–water partition coefficient (Wildman–Crippen LogP) is 2.20. The van der Waals surface area contributed by atoms with Crippen LogP contribution in [0.2, 0.25) is 0 Å². The Morgan fingerprint density at radius 1 is 1.38 bits per heavy atom. The van der Waals surface area contributed by atoms with Crippen molar-refractivity contribution in [1.29, 1.82) is 0 Å². The number of amides is 1. The molecule has 5 nitrogen and oxygen atoms in total. The summed E-state index contributed by atoms with van der Waals surface area (Å²) >= 11 is 0. The third-order valence-electron chi connectivity index (χ3n) is 2.90. The first kappa shape index (κ1) is 14.8. The minimum absolute atomic E-state index is 0.179. The van der Waals surface area contributed by atoms with E-state index in [4.69, 9.17) is 9.52 Å². The van der Waals surface area contributed by atoms with Gasteiger partial charge in [-0.25, -0.2) is 4.98 Å². The molecule has 21 heavy (non-hydrogen) atoms. The number of carbonyl (C=O) groups excluding carboxylic acids is 1. The van der Waals surface area contributed by atoms with Gasteiger partial charge < -0.3 is 14.8 Å². The Balaban J connectivity index is 2.20. The molecule has 1 aromatic heterocycles. The Kier molecular flexibility index (Phi) is 4.41. The van der Waals surface area contributed by atoms with E-state index in [0.717, 1.165) is 11.1 Å². The average Bonchev–Trinajstić information content (AvgIpc) is 2.78. The highest BCUT2D eigenvalue weighted by molar-refractivity contribution is 6.03. The van der Waals surface area contributed by atoms with E-state index < -0.39 is 0 Å². The van der Waals surface area contributed by atoms with Crippen LogP contribution in [0, 0.1) is 32.6 Å². The van der Waals surface area contributed by atoms with E-state index in [9.17, 15) is 4.79 Å². The number of nitrogens with zero attached hydrogens (tertiary/aromatic N) is 1. The first-order valence-electron chi connectivity index (χ1n) is 6.47. The Morgan fingerprint density at radius 2 is 2.14 bits per heavy atom. The summed E-state index contributed by atoms with van der Waals surface area (Å²) in [6, 6.07) is 5.40. The molecule has 0 aliphatic carbocycles. The molecule has 0 saturated heterocycles. The summed E-state index contributed by atoms with van der Waals surface area (Å²) in [7, 11) is 0. The molecule has 2 N–H and O–H groups in total. The molecule has 1 amide bonds. The fourth-order valence-corrected chi connectivity index (χ4v) is 1.94. The number of nitrogens with one attached hydrogen (secondary N) is 1. The van der Waals surface area contributed by atoms with Crippen molar-refractivity contribution in [3.8, 4) is 11.8 Å². The van der Waals surface area contributed by atoms with Crippen molar-refractivity contribution in [3.63, 3.8) is 0 Å². The summed E-state index contributed by atoms with van der Waals surface area (Å²) in [5.41, 5.74) is 2.91. The van der Waals surface area contributed by atoms with Crippen molar-refractivity contribution in [2.24, 2.45) is 0 Å². The number of carbonyl (C=O) groups is 1. The van der Waals surface area contributed by atoms with Crippen LogP contribution in [0.25, 0.3) is 0 Å². The molecule has 2 rings (SSSR count). The van der Waals surface area contributed by atoms with E-state index in [1.165, 1.54) is 0 Å². The third kappa shape index (κ3) is 3.50. The molecule has 0 atom stereocenters. The maximum absolute atomic E-state index is 12.2. The van der Waals surface area contributed by atoms with Crippen molar-refractivity contribution in [3.05, 3.63) is 46.7 Å². The number of aryl methyl sites for hydroxylation is 3. The van der Waals surface area contributed by atoms with Crippen molar-refractivity contribution in [1.82, 2.24) is 4.98 Å². The maximum Gasteiger partial charge on any atom is 0.293 e. The second-order valence-corrected chi connectivity index (χ2v) is 4.59. The lowest BCUT2D eigenvalue weighted by Crippen LogP contribution is -2.13. The van der Waals surface area contributed by atoms with Crippen molar-refractivity contribution in [2.45, 2.75) is 20.8 Å². The largest absolute Gasteiger partial charge is 0.436 e. The van der Waals surface area contributed by atoms with Crippen molar-refractivity contribution >= 4 is 11.6 Å². The van der Waals surface area contributed by atoms with Crippen molar-refractivity contribution < 1.29 is 14.3 Å². The molecule has 1 aromatic carbocycles. The first-order chi connectivity index (χ1) is 10.0. The van der Waals surface area contributed by atoms with Gasteiger partial charge in [0.05, 0.1) is 5.69 Å². The van der Waals surface area contributed by atoms with Crippen LogP contribution >= 0.6 is 0 Å². The van der Waals surface area contributed by atoms with Crippen LogP contribution in [0.15, 0.2) is 22.6 Å². The van der Waals surface area contributed by atoms with Gasteiger partial charge >= 0.3 is 0 Å². The Bertz CT molecular complexity index is 736. The number of aliphatic hydroxyl groups excluding tert-OH is 1. The highest BCUT2D eigenvalue weighted by Crippen LogP contribution is 2.18. The zero-order chi connectivity index (χ0) is 15.4. The average molecular weight is 284 g/mol. The number of oxazole rings is 1. The maximum atomic E-state index is 12.2. The lowest BCUT2D eigenvalue weighted by molar-refractivity contribution is 0.0994. The van der Waals surface area contributed by atoms with Crippen molar-refractivity contribution in [2.75, 3.05) is 11.9 Å². The smallest absolute Gasteiger partial charge is 0.293 e. The van der Waals surface area contributed by atoms with E-state index in [1.807, 2.05) is 13.0 Å². The number of rotatable bonds is 2. The third-order valence-corrected chi connectivity index (χ3v) is 2.90. The number of benzene rings is 1. The lowest BCUT2D eigenvalue weighted by Gasteiger charge is -2.07. The molecule has 0 bridgehead atoms.